The number of carbonyl (C=O) groups is 2. The Morgan fingerprint density at radius 1 is 0.714 bits per heavy atom. The molecule has 0 aliphatic heterocycles. The van der Waals surface area contributed by atoms with Crippen molar-refractivity contribution in [1.82, 2.24) is 0 Å². The van der Waals surface area contributed by atoms with Crippen molar-refractivity contribution in [3.8, 4) is 0 Å². The Morgan fingerprint density at radius 2 is 1.11 bits per heavy atom. The maximum Gasteiger partial charge on any atom is 0.255 e. The van der Waals surface area contributed by atoms with Gasteiger partial charge in [-0.1, -0.05) is 24.3 Å². The van der Waals surface area contributed by atoms with Crippen molar-refractivity contribution in [2.24, 2.45) is 32.9 Å². The predicted molar refractivity (Wildman–Crippen MR) is 141 cm³/mol. The van der Waals surface area contributed by atoms with E-state index in [0.29, 0.717) is 35.6 Å². The van der Waals surface area contributed by atoms with Gasteiger partial charge in [-0.05, 0) is 66.7 Å². The zero-order chi connectivity index (χ0) is 25.6. The van der Waals surface area contributed by atoms with Crippen molar-refractivity contribution in [3.63, 3.8) is 0 Å². The molecule has 182 valence electrons. The first-order chi connectivity index (χ1) is 16.9. The van der Waals surface area contributed by atoms with Gasteiger partial charge in [0.15, 0.2) is 5.96 Å². The molecule has 0 atom stereocenters. The summed E-state index contributed by atoms with van der Waals surface area (Å²) in [5.74, 6) is -0.531. The van der Waals surface area contributed by atoms with Crippen LogP contribution < -0.4 is 33.6 Å². The minimum absolute atomic E-state index is 0.0240. The molecule has 2 amide bonds. The Bertz CT molecular complexity index is 1150. The lowest BCUT2D eigenvalue weighted by molar-refractivity contribution is 0.101. The van der Waals surface area contributed by atoms with Crippen LogP contribution in [0.3, 0.4) is 0 Å². The Kier molecular flexibility index (Phi) is 10.4. The monoisotopic (exact) mass is 474 g/mol. The maximum atomic E-state index is 12.5. The number of rotatable bonds is 8. The smallest absolute Gasteiger partial charge is 0.255 e. The second-order valence-corrected chi connectivity index (χ2v) is 7.11. The summed E-state index contributed by atoms with van der Waals surface area (Å²) < 4.78 is 0. The summed E-state index contributed by atoms with van der Waals surface area (Å²) in [6.07, 6.45) is 1.26. The molecule has 3 aromatic carbocycles. The van der Waals surface area contributed by atoms with E-state index in [1.807, 2.05) is 24.3 Å². The Hall–Kier alpha value is -4.70. The molecule has 0 saturated carbocycles. The molecule has 0 aliphatic rings. The number of nitrogens with one attached hydrogen (secondary N) is 2. The van der Waals surface area contributed by atoms with Gasteiger partial charge in [-0.15, -0.1) is 0 Å². The number of nitrogens with zero attached hydrogens (tertiary/aromatic N) is 2. The molecular weight excluding hydrogens is 444 g/mol. The van der Waals surface area contributed by atoms with Crippen molar-refractivity contribution < 1.29 is 9.59 Å². The van der Waals surface area contributed by atoms with Gasteiger partial charge in [0.2, 0.25) is 0 Å². The fourth-order valence-corrected chi connectivity index (χ4v) is 2.91. The molecule has 0 bridgehead atoms. The molecule has 0 aromatic heterocycles. The van der Waals surface area contributed by atoms with Crippen molar-refractivity contribution >= 4 is 35.5 Å². The van der Waals surface area contributed by atoms with Crippen LogP contribution in [0.1, 0.15) is 31.8 Å². The predicted octanol–water partition coefficient (Wildman–Crippen LogP) is 2.03. The lowest BCUT2D eigenvalue weighted by Crippen LogP contribution is -2.22. The first-order valence-corrected chi connectivity index (χ1v) is 10.7. The third kappa shape index (κ3) is 8.63. The van der Waals surface area contributed by atoms with Gasteiger partial charge in [0.1, 0.15) is 0 Å². The fraction of sp³-hybridized carbons (Fsp3) is 0.120. The van der Waals surface area contributed by atoms with E-state index in [-0.39, 0.29) is 17.8 Å². The van der Waals surface area contributed by atoms with Crippen LogP contribution in [-0.2, 0) is 13.1 Å². The summed E-state index contributed by atoms with van der Waals surface area (Å²) in [5, 5.41) is 5.64. The SMILES string of the molecule is CN.NC=NCc1ccc(NC(=O)c2ccc(C(=O)Nc3ccc(CN=C(N)N)cc3)cc2)cc1. The van der Waals surface area contributed by atoms with Crippen LogP contribution in [0.15, 0.2) is 82.8 Å². The molecule has 10 heteroatoms. The summed E-state index contributed by atoms with van der Waals surface area (Å²) in [6.45, 7) is 0.851. The van der Waals surface area contributed by atoms with Crippen LogP contribution in [0.5, 0.6) is 0 Å². The number of guanidine groups is 1. The Morgan fingerprint density at radius 3 is 1.49 bits per heavy atom. The van der Waals surface area contributed by atoms with Gasteiger partial charge in [0, 0.05) is 22.5 Å². The topological polar surface area (TPSA) is 187 Å². The third-order valence-electron chi connectivity index (χ3n) is 4.66. The second kappa shape index (κ2) is 13.8. The Labute approximate surface area is 204 Å². The van der Waals surface area contributed by atoms with Gasteiger partial charge >= 0.3 is 0 Å². The average Bonchev–Trinajstić information content (AvgIpc) is 2.89. The number of aliphatic imine (C=N–C) groups is 2. The number of nitrogens with two attached hydrogens (primary N) is 4. The van der Waals surface area contributed by atoms with Crippen molar-refractivity contribution in [2.75, 3.05) is 17.7 Å². The lowest BCUT2D eigenvalue weighted by Gasteiger charge is -2.08. The molecule has 10 N–H and O–H groups in total. The molecule has 0 unspecified atom stereocenters. The third-order valence-corrected chi connectivity index (χ3v) is 4.66. The first kappa shape index (κ1) is 26.6. The number of hydrogen-bond donors (Lipinski definition) is 6. The quantitative estimate of drug-likeness (QED) is 0.214. The van der Waals surface area contributed by atoms with Gasteiger partial charge in [-0.3, -0.25) is 14.6 Å². The van der Waals surface area contributed by atoms with Crippen LogP contribution >= 0.6 is 0 Å². The minimum Gasteiger partial charge on any atom is -0.390 e. The molecule has 0 aliphatic carbocycles. The standard InChI is InChI=1S/C24H25N7O2.CH5N/c25-15-28-13-16-1-9-20(10-2-16)30-22(32)18-5-7-19(8-6-18)23(33)31-21-11-3-17(4-12-21)14-29-24(26)27;1-2/h1-12,15H,13-14H2,(H2,25,28)(H,30,32)(H,31,33)(H4,26,27,29);2H2,1H3. The van der Waals surface area contributed by atoms with Crippen molar-refractivity contribution in [3.05, 3.63) is 95.1 Å². The fourth-order valence-electron chi connectivity index (χ4n) is 2.91. The summed E-state index contributed by atoms with van der Waals surface area (Å²) in [5.41, 5.74) is 24.5. The zero-order valence-corrected chi connectivity index (χ0v) is 19.4. The normalized spacial score (nSPS) is 10.1. The largest absolute Gasteiger partial charge is 0.390 e. The molecule has 0 heterocycles. The number of carbonyl (C=O) groups excluding carboxylic acids is 2. The van der Waals surface area contributed by atoms with E-state index in [9.17, 15) is 9.59 Å². The van der Waals surface area contributed by atoms with Gasteiger partial charge in [-0.2, -0.15) is 0 Å². The molecule has 3 aromatic rings. The van der Waals surface area contributed by atoms with Gasteiger partial charge < -0.3 is 33.6 Å². The highest BCUT2D eigenvalue weighted by atomic mass is 16.2. The number of benzene rings is 3. The van der Waals surface area contributed by atoms with Gasteiger partial charge in [0.05, 0.1) is 19.4 Å². The van der Waals surface area contributed by atoms with E-state index in [1.165, 1.54) is 13.4 Å². The van der Waals surface area contributed by atoms with E-state index in [1.54, 1.807) is 48.5 Å². The van der Waals surface area contributed by atoms with Crippen molar-refractivity contribution in [2.45, 2.75) is 13.1 Å². The van der Waals surface area contributed by atoms with E-state index < -0.39 is 0 Å². The number of hydrogen-bond acceptors (Lipinski definition) is 5. The molecular formula is C25H30N8O2. The highest BCUT2D eigenvalue weighted by Crippen LogP contribution is 2.15. The molecule has 10 nitrogen and oxygen atoms in total. The van der Waals surface area contributed by atoms with E-state index in [4.69, 9.17) is 17.2 Å². The summed E-state index contributed by atoms with van der Waals surface area (Å²) >= 11 is 0. The summed E-state index contributed by atoms with van der Waals surface area (Å²) in [6, 6.07) is 20.9. The Balaban J connectivity index is 0.00000210. The molecule has 35 heavy (non-hydrogen) atoms. The van der Waals surface area contributed by atoms with Crippen molar-refractivity contribution in [1.29, 1.82) is 0 Å². The molecule has 3 rings (SSSR count). The molecule has 0 saturated heterocycles. The number of anilines is 2. The van der Waals surface area contributed by atoms with Gasteiger partial charge in [-0.25, -0.2) is 4.99 Å². The lowest BCUT2D eigenvalue weighted by atomic mass is 10.1. The van der Waals surface area contributed by atoms with E-state index in [0.717, 1.165) is 11.1 Å². The highest BCUT2D eigenvalue weighted by molar-refractivity contribution is 6.07. The van der Waals surface area contributed by atoms with Crippen LogP contribution in [0.25, 0.3) is 0 Å². The maximum absolute atomic E-state index is 12.5. The van der Waals surface area contributed by atoms with Crippen LogP contribution in [0, 0.1) is 0 Å². The van der Waals surface area contributed by atoms with Crippen LogP contribution in [0.4, 0.5) is 11.4 Å². The van der Waals surface area contributed by atoms with Crippen LogP contribution in [-0.4, -0.2) is 31.2 Å². The van der Waals surface area contributed by atoms with Gasteiger partial charge in [0.25, 0.3) is 11.8 Å². The number of amides is 2. The highest BCUT2D eigenvalue weighted by Gasteiger charge is 2.10. The first-order valence-electron chi connectivity index (χ1n) is 10.7. The molecule has 0 fully saturated rings. The van der Waals surface area contributed by atoms with Crippen LogP contribution in [0.2, 0.25) is 0 Å². The molecule has 0 spiro atoms. The summed E-state index contributed by atoms with van der Waals surface area (Å²) in [7, 11) is 1.50. The molecule has 0 radical (unpaired) electrons. The average molecular weight is 475 g/mol. The second-order valence-electron chi connectivity index (χ2n) is 7.11. The zero-order valence-electron chi connectivity index (χ0n) is 19.4. The minimum atomic E-state index is -0.283. The van der Waals surface area contributed by atoms with E-state index >= 15 is 0 Å². The van der Waals surface area contributed by atoms with E-state index in [2.05, 4.69) is 26.4 Å². The summed E-state index contributed by atoms with van der Waals surface area (Å²) in [4.78, 5) is 32.9.